The number of furan rings is 1. The van der Waals surface area contributed by atoms with Crippen molar-refractivity contribution in [2.45, 2.75) is 19.3 Å². The average molecular weight is 680 g/mol. The second-order valence-corrected chi connectivity index (χ2v) is 14.6. The monoisotopic (exact) mass is 679 g/mol. The molecule has 0 amide bonds. The molecule has 0 atom stereocenters. The molecule has 7 aromatic carbocycles. The molecule has 0 saturated heterocycles. The van der Waals surface area contributed by atoms with Gasteiger partial charge in [0.2, 0.25) is 0 Å². The van der Waals surface area contributed by atoms with E-state index >= 15 is 0 Å². The maximum Gasteiger partial charge on any atom is 0.162 e. The highest BCUT2D eigenvalue weighted by Crippen LogP contribution is 2.51. The molecule has 0 radical (unpaired) electrons. The Balaban J connectivity index is 1.13. The van der Waals surface area contributed by atoms with Crippen LogP contribution in [0.4, 0.5) is 0 Å². The van der Waals surface area contributed by atoms with E-state index in [0.717, 1.165) is 66.7 Å². The highest BCUT2D eigenvalue weighted by atomic mass is 16.3. The molecule has 250 valence electrons. The number of fused-ring (bicyclic) bond motifs is 9. The van der Waals surface area contributed by atoms with Gasteiger partial charge in [-0.15, -0.1) is 0 Å². The van der Waals surface area contributed by atoms with Crippen molar-refractivity contribution < 1.29 is 4.42 Å². The Morgan fingerprint density at radius 2 is 1.19 bits per heavy atom. The first-order chi connectivity index (χ1) is 26.0. The topological polar surface area (TPSA) is 43.9 Å². The van der Waals surface area contributed by atoms with Gasteiger partial charge in [0.05, 0.1) is 16.7 Å². The third-order valence-corrected chi connectivity index (χ3v) is 11.2. The van der Waals surface area contributed by atoms with Crippen LogP contribution in [0.3, 0.4) is 0 Å². The van der Waals surface area contributed by atoms with E-state index in [2.05, 4.69) is 158 Å². The molecular formula is C49H33N3O. The number of aromatic nitrogens is 3. The molecule has 53 heavy (non-hydrogen) atoms. The maximum absolute atomic E-state index is 6.63. The first-order valence-electron chi connectivity index (χ1n) is 18.2. The lowest BCUT2D eigenvalue weighted by Gasteiger charge is -2.21. The zero-order valence-electron chi connectivity index (χ0n) is 29.3. The Kier molecular flexibility index (Phi) is 6.27. The molecule has 0 unspecified atom stereocenters. The lowest BCUT2D eigenvalue weighted by molar-refractivity contribution is 0.647. The van der Waals surface area contributed by atoms with Crippen LogP contribution in [0.1, 0.15) is 25.0 Å². The van der Waals surface area contributed by atoms with Crippen LogP contribution >= 0.6 is 0 Å². The van der Waals surface area contributed by atoms with Crippen molar-refractivity contribution in [1.82, 2.24) is 14.5 Å². The second kappa shape index (κ2) is 11.1. The van der Waals surface area contributed by atoms with Gasteiger partial charge in [0.25, 0.3) is 0 Å². The van der Waals surface area contributed by atoms with Crippen LogP contribution in [0.15, 0.2) is 168 Å². The quantitative estimate of drug-likeness (QED) is 0.186. The van der Waals surface area contributed by atoms with Gasteiger partial charge in [0, 0.05) is 44.2 Å². The summed E-state index contributed by atoms with van der Waals surface area (Å²) in [6, 6.07) is 58.0. The van der Waals surface area contributed by atoms with E-state index in [0.29, 0.717) is 5.82 Å². The molecule has 0 aliphatic heterocycles. The molecule has 4 nitrogen and oxygen atoms in total. The number of rotatable bonds is 4. The van der Waals surface area contributed by atoms with Gasteiger partial charge < -0.3 is 4.42 Å². The second-order valence-electron chi connectivity index (χ2n) is 14.6. The molecule has 1 aliphatic rings. The van der Waals surface area contributed by atoms with Crippen LogP contribution in [0.2, 0.25) is 0 Å². The van der Waals surface area contributed by atoms with Gasteiger partial charge in [-0.2, -0.15) is 0 Å². The molecule has 10 aromatic rings. The molecule has 3 aromatic heterocycles. The largest absolute Gasteiger partial charge is 0.456 e. The molecular weight excluding hydrogens is 647 g/mol. The SMILES string of the molecule is CC1(C)c2ccccc2-c2cc3c(cc21)oc1cccc(-c2ccc4c(c2)c2ccccc2n4-c2cc(-c4ccccc4)nc(-c4ccccc4)n2)c13. The molecule has 0 bridgehead atoms. The molecule has 3 heterocycles. The predicted molar refractivity (Wildman–Crippen MR) is 218 cm³/mol. The lowest BCUT2D eigenvalue weighted by Crippen LogP contribution is -2.14. The Morgan fingerprint density at radius 3 is 2.04 bits per heavy atom. The first-order valence-corrected chi connectivity index (χ1v) is 18.2. The zero-order valence-corrected chi connectivity index (χ0v) is 29.3. The van der Waals surface area contributed by atoms with E-state index in [-0.39, 0.29) is 5.41 Å². The summed E-state index contributed by atoms with van der Waals surface area (Å²) >= 11 is 0. The number of para-hydroxylation sites is 1. The van der Waals surface area contributed by atoms with Crippen LogP contribution in [0.25, 0.3) is 94.5 Å². The van der Waals surface area contributed by atoms with Crippen molar-refractivity contribution in [3.05, 3.63) is 175 Å². The van der Waals surface area contributed by atoms with Gasteiger partial charge in [-0.3, -0.25) is 4.57 Å². The molecule has 1 aliphatic carbocycles. The highest BCUT2D eigenvalue weighted by molar-refractivity contribution is 6.16. The van der Waals surface area contributed by atoms with Crippen molar-refractivity contribution in [3.8, 4) is 50.7 Å². The van der Waals surface area contributed by atoms with Crippen molar-refractivity contribution in [3.63, 3.8) is 0 Å². The third-order valence-electron chi connectivity index (χ3n) is 11.2. The molecule has 0 fully saturated rings. The standard InChI is InChI=1S/C49H33N3O/c1-49(2)39-21-11-9-18-34(39)36-27-38-45(28-40(36)49)53-44-23-13-20-33(47(38)44)32-24-25-43-37(26-32)35-19-10-12-22-42(35)52(43)46-29-41(30-14-5-3-6-15-30)50-48(51-46)31-16-7-4-8-17-31/h3-29H,1-2H3. The van der Waals surface area contributed by atoms with Crippen molar-refractivity contribution >= 4 is 43.7 Å². The summed E-state index contributed by atoms with van der Waals surface area (Å²) in [6.07, 6.45) is 0. The third kappa shape index (κ3) is 4.42. The van der Waals surface area contributed by atoms with Gasteiger partial charge in [-0.25, -0.2) is 9.97 Å². The first kappa shape index (κ1) is 29.9. The summed E-state index contributed by atoms with van der Waals surface area (Å²) in [4.78, 5) is 10.3. The Morgan fingerprint density at radius 1 is 0.472 bits per heavy atom. The Bertz CT molecular complexity index is 3020. The number of benzene rings is 7. The van der Waals surface area contributed by atoms with E-state index < -0.39 is 0 Å². The van der Waals surface area contributed by atoms with Crippen LogP contribution < -0.4 is 0 Å². The van der Waals surface area contributed by atoms with E-state index in [4.69, 9.17) is 14.4 Å². The van der Waals surface area contributed by atoms with Gasteiger partial charge >= 0.3 is 0 Å². The minimum atomic E-state index is -0.0887. The van der Waals surface area contributed by atoms with E-state index in [1.54, 1.807) is 0 Å². The van der Waals surface area contributed by atoms with Crippen LogP contribution in [0, 0.1) is 0 Å². The molecule has 11 rings (SSSR count). The maximum atomic E-state index is 6.63. The normalized spacial score (nSPS) is 13.2. The van der Waals surface area contributed by atoms with Crippen LogP contribution in [-0.4, -0.2) is 14.5 Å². The van der Waals surface area contributed by atoms with Crippen molar-refractivity contribution in [1.29, 1.82) is 0 Å². The fraction of sp³-hybridized carbons (Fsp3) is 0.0612. The number of hydrogen-bond donors (Lipinski definition) is 0. The molecule has 0 N–H and O–H groups in total. The minimum Gasteiger partial charge on any atom is -0.456 e. The number of nitrogens with zero attached hydrogens (tertiary/aromatic N) is 3. The van der Waals surface area contributed by atoms with Gasteiger partial charge in [0.15, 0.2) is 5.82 Å². The fourth-order valence-electron chi connectivity index (χ4n) is 8.67. The molecule has 0 spiro atoms. The molecule has 0 saturated carbocycles. The summed E-state index contributed by atoms with van der Waals surface area (Å²) in [5.41, 5.74) is 14.4. The Labute approximate surface area is 306 Å². The van der Waals surface area contributed by atoms with Crippen molar-refractivity contribution in [2.24, 2.45) is 0 Å². The van der Waals surface area contributed by atoms with Gasteiger partial charge in [-0.1, -0.05) is 135 Å². The summed E-state index contributed by atoms with van der Waals surface area (Å²) in [5.74, 6) is 1.53. The molecule has 4 heteroatoms. The van der Waals surface area contributed by atoms with E-state index in [1.807, 2.05) is 24.3 Å². The van der Waals surface area contributed by atoms with Gasteiger partial charge in [-0.05, 0) is 69.8 Å². The summed E-state index contributed by atoms with van der Waals surface area (Å²) in [7, 11) is 0. The summed E-state index contributed by atoms with van der Waals surface area (Å²) in [6.45, 7) is 4.63. The lowest BCUT2D eigenvalue weighted by atomic mass is 9.82. The zero-order chi connectivity index (χ0) is 35.3. The van der Waals surface area contributed by atoms with Crippen LogP contribution in [0.5, 0.6) is 0 Å². The Hall–Kier alpha value is -6.78. The van der Waals surface area contributed by atoms with Gasteiger partial charge in [0.1, 0.15) is 17.0 Å². The van der Waals surface area contributed by atoms with E-state index in [9.17, 15) is 0 Å². The minimum absolute atomic E-state index is 0.0887. The average Bonchev–Trinajstić information content (AvgIpc) is 3.82. The van der Waals surface area contributed by atoms with Crippen LogP contribution in [-0.2, 0) is 5.41 Å². The summed E-state index contributed by atoms with van der Waals surface area (Å²) < 4.78 is 8.91. The fourth-order valence-corrected chi connectivity index (χ4v) is 8.67. The van der Waals surface area contributed by atoms with E-state index in [1.165, 1.54) is 33.0 Å². The number of hydrogen-bond acceptors (Lipinski definition) is 3. The predicted octanol–water partition coefficient (Wildman–Crippen LogP) is 12.8. The smallest absolute Gasteiger partial charge is 0.162 e. The highest BCUT2D eigenvalue weighted by Gasteiger charge is 2.36. The summed E-state index contributed by atoms with van der Waals surface area (Å²) in [5, 5.41) is 4.63. The van der Waals surface area contributed by atoms with Crippen molar-refractivity contribution in [2.75, 3.05) is 0 Å².